The highest BCUT2D eigenvalue weighted by Crippen LogP contribution is 2.15. The molecule has 0 fully saturated rings. The summed E-state index contributed by atoms with van der Waals surface area (Å²) >= 11 is 0. The standard InChI is InChI=1S/C15H25N3O3S/c1-2-22(20,21)18-14-10-8-13(9-11-14)17-15(19)7-5-3-4-6-12-16/h8-11,18H,2-7,12,16H2,1H3,(H,17,19). The van der Waals surface area contributed by atoms with Crippen LogP contribution in [-0.4, -0.2) is 26.6 Å². The van der Waals surface area contributed by atoms with Crippen LogP contribution < -0.4 is 15.8 Å². The van der Waals surface area contributed by atoms with E-state index in [-0.39, 0.29) is 11.7 Å². The van der Waals surface area contributed by atoms with Crippen molar-refractivity contribution in [2.75, 3.05) is 22.3 Å². The van der Waals surface area contributed by atoms with E-state index in [1.165, 1.54) is 0 Å². The quantitative estimate of drug-likeness (QED) is 0.574. The maximum absolute atomic E-state index is 11.8. The fraction of sp³-hybridized carbons (Fsp3) is 0.533. The second kappa shape index (κ2) is 9.42. The molecule has 0 heterocycles. The first-order valence-corrected chi connectivity index (χ1v) is 9.22. The molecule has 1 aromatic carbocycles. The smallest absolute Gasteiger partial charge is 0.232 e. The molecule has 7 heteroatoms. The summed E-state index contributed by atoms with van der Waals surface area (Å²) in [5.74, 6) is -0.00929. The van der Waals surface area contributed by atoms with Crippen LogP contribution in [0.4, 0.5) is 11.4 Å². The van der Waals surface area contributed by atoms with Crippen LogP contribution >= 0.6 is 0 Å². The Hall–Kier alpha value is -1.60. The van der Waals surface area contributed by atoms with E-state index in [9.17, 15) is 13.2 Å². The predicted molar refractivity (Wildman–Crippen MR) is 90.3 cm³/mol. The molecule has 0 saturated heterocycles. The number of amides is 1. The number of unbranched alkanes of at least 4 members (excludes halogenated alkanes) is 3. The third-order valence-corrected chi connectivity index (χ3v) is 4.49. The first-order chi connectivity index (χ1) is 10.5. The molecular weight excluding hydrogens is 302 g/mol. The molecule has 0 aromatic heterocycles. The largest absolute Gasteiger partial charge is 0.330 e. The van der Waals surface area contributed by atoms with E-state index in [2.05, 4.69) is 10.0 Å². The lowest BCUT2D eigenvalue weighted by Gasteiger charge is -2.08. The maximum Gasteiger partial charge on any atom is 0.232 e. The topological polar surface area (TPSA) is 101 Å². The first kappa shape index (κ1) is 18.4. The van der Waals surface area contributed by atoms with E-state index in [0.717, 1.165) is 25.7 Å². The van der Waals surface area contributed by atoms with Gasteiger partial charge in [-0.1, -0.05) is 12.8 Å². The van der Waals surface area contributed by atoms with Gasteiger partial charge in [-0.2, -0.15) is 0 Å². The number of carbonyl (C=O) groups excluding carboxylic acids is 1. The van der Waals surface area contributed by atoms with Crippen molar-refractivity contribution in [3.05, 3.63) is 24.3 Å². The normalized spacial score (nSPS) is 11.2. The molecule has 0 aliphatic carbocycles. The van der Waals surface area contributed by atoms with Gasteiger partial charge >= 0.3 is 0 Å². The number of sulfonamides is 1. The summed E-state index contributed by atoms with van der Waals surface area (Å²) in [5.41, 5.74) is 6.56. The fourth-order valence-corrected chi connectivity index (χ4v) is 2.52. The molecule has 0 atom stereocenters. The van der Waals surface area contributed by atoms with Crippen LogP contribution in [-0.2, 0) is 14.8 Å². The van der Waals surface area contributed by atoms with E-state index in [1.807, 2.05) is 0 Å². The molecule has 0 saturated carbocycles. The highest BCUT2D eigenvalue weighted by Gasteiger charge is 2.07. The van der Waals surface area contributed by atoms with Crippen LogP contribution in [0.5, 0.6) is 0 Å². The van der Waals surface area contributed by atoms with Crippen molar-refractivity contribution in [3.63, 3.8) is 0 Å². The van der Waals surface area contributed by atoms with E-state index in [1.54, 1.807) is 31.2 Å². The molecule has 0 aliphatic heterocycles. The van der Waals surface area contributed by atoms with Crippen LogP contribution in [0.1, 0.15) is 39.0 Å². The van der Waals surface area contributed by atoms with Crippen molar-refractivity contribution in [1.82, 2.24) is 0 Å². The summed E-state index contributed by atoms with van der Waals surface area (Å²) in [7, 11) is -3.27. The van der Waals surface area contributed by atoms with Crippen molar-refractivity contribution in [2.45, 2.75) is 39.0 Å². The Morgan fingerprint density at radius 3 is 2.23 bits per heavy atom. The molecule has 124 valence electrons. The van der Waals surface area contributed by atoms with Gasteiger partial charge in [-0.25, -0.2) is 8.42 Å². The van der Waals surface area contributed by atoms with Crippen LogP contribution in [0.3, 0.4) is 0 Å². The minimum absolute atomic E-state index is 0.0235. The van der Waals surface area contributed by atoms with Gasteiger partial charge in [0.1, 0.15) is 0 Å². The molecule has 22 heavy (non-hydrogen) atoms. The Balaban J connectivity index is 2.39. The zero-order chi connectivity index (χ0) is 16.4. The molecule has 0 aliphatic rings. The van der Waals surface area contributed by atoms with Crippen molar-refractivity contribution in [3.8, 4) is 0 Å². The second-order valence-corrected chi connectivity index (χ2v) is 7.09. The molecule has 0 unspecified atom stereocenters. The number of hydrogen-bond acceptors (Lipinski definition) is 4. The molecule has 1 rings (SSSR count). The third-order valence-electron chi connectivity index (χ3n) is 3.18. The minimum Gasteiger partial charge on any atom is -0.330 e. The van der Waals surface area contributed by atoms with E-state index < -0.39 is 10.0 Å². The monoisotopic (exact) mass is 327 g/mol. The SMILES string of the molecule is CCS(=O)(=O)Nc1ccc(NC(=O)CCCCCCN)cc1. The Kier molecular flexibility index (Phi) is 7.90. The number of carbonyl (C=O) groups is 1. The van der Waals surface area contributed by atoms with Crippen LogP contribution in [0.15, 0.2) is 24.3 Å². The van der Waals surface area contributed by atoms with Crippen molar-refractivity contribution >= 4 is 27.3 Å². The number of nitrogens with one attached hydrogen (secondary N) is 2. The minimum atomic E-state index is -3.27. The maximum atomic E-state index is 11.8. The zero-order valence-corrected chi connectivity index (χ0v) is 13.8. The number of hydrogen-bond donors (Lipinski definition) is 3. The predicted octanol–water partition coefficient (Wildman–Crippen LogP) is 2.30. The van der Waals surface area contributed by atoms with Gasteiger partial charge in [0.25, 0.3) is 0 Å². The summed E-state index contributed by atoms with van der Waals surface area (Å²) < 4.78 is 25.3. The number of benzene rings is 1. The van der Waals surface area contributed by atoms with Gasteiger partial charge in [-0.15, -0.1) is 0 Å². The lowest BCUT2D eigenvalue weighted by molar-refractivity contribution is -0.116. The zero-order valence-electron chi connectivity index (χ0n) is 13.0. The third kappa shape index (κ3) is 7.42. The van der Waals surface area contributed by atoms with Gasteiger partial charge < -0.3 is 11.1 Å². The van der Waals surface area contributed by atoms with Crippen molar-refractivity contribution in [1.29, 1.82) is 0 Å². The Morgan fingerprint density at radius 2 is 1.64 bits per heavy atom. The lowest BCUT2D eigenvalue weighted by Crippen LogP contribution is -2.15. The lowest BCUT2D eigenvalue weighted by atomic mass is 10.1. The number of nitrogens with two attached hydrogens (primary N) is 1. The molecule has 0 spiro atoms. The van der Waals surface area contributed by atoms with Gasteiger partial charge in [0.2, 0.25) is 15.9 Å². The molecule has 0 radical (unpaired) electrons. The Morgan fingerprint density at radius 1 is 1.05 bits per heavy atom. The molecule has 1 aromatic rings. The summed E-state index contributed by atoms with van der Waals surface area (Å²) in [6.45, 7) is 2.27. The van der Waals surface area contributed by atoms with Crippen LogP contribution in [0.2, 0.25) is 0 Å². The van der Waals surface area contributed by atoms with E-state index in [0.29, 0.717) is 24.3 Å². The summed E-state index contributed by atoms with van der Waals surface area (Å²) in [6, 6.07) is 6.62. The highest BCUT2D eigenvalue weighted by molar-refractivity contribution is 7.92. The van der Waals surface area contributed by atoms with E-state index >= 15 is 0 Å². The fourth-order valence-electron chi connectivity index (χ4n) is 1.88. The average molecular weight is 327 g/mol. The average Bonchev–Trinajstić information content (AvgIpc) is 2.49. The first-order valence-electron chi connectivity index (χ1n) is 7.57. The van der Waals surface area contributed by atoms with Gasteiger partial charge in [-0.05, 0) is 50.6 Å². The molecular formula is C15H25N3O3S. The second-order valence-electron chi connectivity index (χ2n) is 5.08. The number of anilines is 2. The van der Waals surface area contributed by atoms with Crippen LogP contribution in [0, 0.1) is 0 Å². The van der Waals surface area contributed by atoms with Crippen molar-refractivity contribution in [2.24, 2.45) is 5.73 Å². The summed E-state index contributed by atoms with van der Waals surface area (Å²) in [4.78, 5) is 11.8. The molecule has 4 N–H and O–H groups in total. The van der Waals surface area contributed by atoms with Gasteiger partial charge in [0, 0.05) is 17.8 Å². The summed E-state index contributed by atoms with van der Waals surface area (Å²) in [5, 5.41) is 2.80. The Labute approximate surface area is 132 Å². The molecule has 6 nitrogen and oxygen atoms in total. The summed E-state index contributed by atoms with van der Waals surface area (Å²) in [6.07, 6.45) is 4.38. The van der Waals surface area contributed by atoms with Gasteiger partial charge in [0.15, 0.2) is 0 Å². The van der Waals surface area contributed by atoms with Crippen LogP contribution in [0.25, 0.3) is 0 Å². The molecule has 0 bridgehead atoms. The molecule has 1 amide bonds. The Bertz CT molecular complexity index is 556. The highest BCUT2D eigenvalue weighted by atomic mass is 32.2. The van der Waals surface area contributed by atoms with Gasteiger partial charge in [-0.3, -0.25) is 9.52 Å². The van der Waals surface area contributed by atoms with Gasteiger partial charge in [0.05, 0.1) is 5.75 Å². The van der Waals surface area contributed by atoms with Crippen molar-refractivity contribution < 1.29 is 13.2 Å². The van der Waals surface area contributed by atoms with E-state index in [4.69, 9.17) is 5.73 Å². The number of rotatable bonds is 10.